The summed E-state index contributed by atoms with van der Waals surface area (Å²) in [6.07, 6.45) is 3.69. The van der Waals surface area contributed by atoms with Gasteiger partial charge in [-0.1, -0.05) is 30.5 Å². The molecule has 24 heavy (non-hydrogen) atoms. The Morgan fingerprint density at radius 2 is 1.83 bits per heavy atom. The number of hydrogen-bond acceptors (Lipinski definition) is 3. The lowest BCUT2D eigenvalue weighted by Gasteiger charge is -2.19. The minimum atomic E-state index is -0.231. The summed E-state index contributed by atoms with van der Waals surface area (Å²) in [5, 5.41) is 3.34. The molecule has 2 aliphatic rings. The second-order valence-electron chi connectivity index (χ2n) is 6.59. The molecule has 6 heteroatoms. The molecule has 1 aromatic carbocycles. The van der Waals surface area contributed by atoms with E-state index in [0.29, 0.717) is 10.7 Å². The van der Waals surface area contributed by atoms with Crippen LogP contribution in [0, 0.1) is 18.8 Å². The van der Waals surface area contributed by atoms with Crippen LogP contribution in [0.5, 0.6) is 0 Å². The Kier molecular flexibility index (Phi) is 4.90. The largest absolute Gasteiger partial charge is 0.326 e. The van der Waals surface area contributed by atoms with Gasteiger partial charge in [0.15, 0.2) is 0 Å². The predicted molar refractivity (Wildman–Crippen MR) is 91.6 cm³/mol. The van der Waals surface area contributed by atoms with Gasteiger partial charge in [0, 0.05) is 23.7 Å². The summed E-state index contributed by atoms with van der Waals surface area (Å²) in [5.41, 5.74) is 1.55. The minimum absolute atomic E-state index is 0.0996. The fraction of sp³-hybridized carbons (Fsp3) is 0.500. The van der Waals surface area contributed by atoms with E-state index in [-0.39, 0.29) is 42.5 Å². The molecule has 0 spiro atoms. The Labute approximate surface area is 146 Å². The summed E-state index contributed by atoms with van der Waals surface area (Å²) in [5.74, 6) is -0.757. The highest BCUT2D eigenvalue weighted by molar-refractivity contribution is 6.31. The molecule has 3 amide bonds. The van der Waals surface area contributed by atoms with Crippen molar-refractivity contribution in [3.05, 3.63) is 28.8 Å². The van der Waals surface area contributed by atoms with E-state index < -0.39 is 0 Å². The molecule has 1 aliphatic heterocycles. The van der Waals surface area contributed by atoms with Gasteiger partial charge in [-0.2, -0.15) is 0 Å². The molecule has 1 saturated carbocycles. The van der Waals surface area contributed by atoms with Crippen molar-refractivity contribution >= 4 is 35.0 Å². The molecule has 0 radical (unpaired) electrons. The first kappa shape index (κ1) is 17.0. The molecule has 1 heterocycles. The van der Waals surface area contributed by atoms with E-state index in [4.69, 9.17) is 11.6 Å². The smallest absolute Gasteiger partial charge is 0.233 e. The topological polar surface area (TPSA) is 66.5 Å². The monoisotopic (exact) mass is 348 g/mol. The van der Waals surface area contributed by atoms with E-state index in [1.807, 2.05) is 13.0 Å². The van der Waals surface area contributed by atoms with Crippen LogP contribution in [0.2, 0.25) is 5.02 Å². The molecule has 2 atom stereocenters. The highest BCUT2D eigenvalue weighted by Gasteiger charge is 2.47. The SMILES string of the molecule is Cc1ccc(NC(=O)CCN2C(=O)[C@H]3CCCC[C@H]3C2=O)cc1Cl. The van der Waals surface area contributed by atoms with Crippen LogP contribution in [0.4, 0.5) is 5.69 Å². The van der Waals surface area contributed by atoms with Gasteiger partial charge in [-0.3, -0.25) is 19.3 Å². The summed E-state index contributed by atoms with van der Waals surface area (Å²) in [6.45, 7) is 2.04. The van der Waals surface area contributed by atoms with Crippen molar-refractivity contribution in [3.63, 3.8) is 0 Å². The number of benzene rings is 1. The minimum Gasteiger partial charge on any atom is -0.326 e. The number of carbonyl (C=O) groups is 3. The van der Waals surface area contributed by atoms with Crippen molar-refractivity contribution in [3.8, 4) is 0 Å². The van der Waals surface area contributed by atoms with Crippen molar-refractivity contribution < 1.29 is 14.4 Å². The Morgan fingerprint density at radius 3 is 2.42 bits per heavy atom. The molecular formula is C18H21ClN2O3. The molecule has 128 valence electrons. The van der Waals surface area contributed by atoms with Crippen LogP contribution in [0.25, 0.3) is 0 Å². The molecule has 1 N–H and O–H groups in total. The molecule has 0 bridgehead atoms. The summed E-state index contributed by atoms with van der Waals surface area (Å²) < 4.78 is 0. The van der Waals surface area contributed by atoms with Gasteiger partial charge in [0.1, 0.15) is 0 Å². The van der Waals surface area contributed by atoms with Crippen molar-refractivity contribution in [2.45, 2.75) is 39.0 Å². The lowest BCUT2D eigenvalue weighted by atomic mass is 9.81. The Hall–Kier alpha value is -1.88. The molecule has 0 unspecified atom stereocenters. The summed E-state index contributed by atoms with van der Waals surface area (Å²) in [4.78, 5) is 38.1. The number of amides is 3. The Balaban J connectivity index is 1.57. The molecule has 5 nitrogen and oxygen atoms in total. The number of aryl methyl sites for hydroxylation is 1. The highest BCUT2D eigenvalue weighted by Crippen LogP contribution is 2.37. The lowest BCUT2D eigenvalue weighted by Crippen LogP contribution is -2.34. The molecule has 1 aromatic rings. The van der Waals surface area contributed by atoms with Gasteiger partial charge in [-0.05, 0) is 37.5 Å². The van der Waals surface area contributed by atoms with E-state index in [9.17, 15) is 14.4 Å². The third-order valence-corrected chi connectivity index (χ3v) is 5.36. The number of fused-ring (bicyclic) bond motifs is 1. The number of nitrogens with one attached hydrogen (secondary N) is 1. The Morgan fingerprint density at radius 1 is 1.21 bits per heavy atom. The first-order valence-corrected chi connectivity index (χ1v) is 8.76. The maximum absolute atomic E-state index is 12.4. The zero-order valence-corrected chi connectivity index (χ0v) is 14.4. The molecule has 1 saturated heterocycles. The lowest BCUT2D eigenvalue weighted by molar-refractivity contribution is -0.140. The number of likely N-dealkylation sites (tertiary alicyclic amines) is 1. The van der Waals surface area contributed by atoms with Crippen LogP contribution < -0.4 is 5.32 Å². The summed E-state index contributed by atoms with van der Waals surface area (Å²) >= 11 is 6.04. The number of carbonyl (C=O) groups excluding carboxylic acids is 3. The van der Waals surface area contributed by atoms with Crippen molar-refractivity contribution in [2.24, 2.45) is 11.8 Å². The second-order valence-corrected chi connectivity index (χ2v) is 6.99. The normalized spacial score (nSPS) is 23.3. The van der Waals surface area contributed by atoms with Gasteiger partial charge in [0.25, 0.3) is 0 Å². The average Bonchev–Trinajstić information content (AvgIpc) is 2.81. The van der Waals surface area contributed by atoms with Gasteiger partial charge in [-0.15, -0.1) is 0 Å². The maximum atomic E-state index is 12.4. The Bertz CT molecular complexity index is 665. The quantitative estimate of drug-likeness (QED) is 0.850. The third-order valence-electron chi connectivity index (χ3n) is 4.95. The van der Waals surface area contributed by atoms with Gasteiger partial charge >= 0.3 is 0 Å². The zero-order chi connectivity index (χ0) is 17.3. The van der Waals surface area contributed by atoms with E-state index in [1.165, 1.54) is 4.90 Å². The van der Waals surface area contributed by atoms with E-state index in [1.54, 1.807) is 12.1 Å². The van der Waals surface area contributed by atoms with Crippen LogP contribution in [0.3, 0.4) is 0 Å². The molecule has 3 rings (SSSR count). The summed E-state index contributed by atoms with van der Waals surface area (Å²) in [7, 11) is 0. The fourth-order valence-corrected chi connectivity index (χ4v) is 3.74. The number of halogens is 1. The number of anilines is 1. The zero-order valence-electron chi connectivity index (χ0n) is 13.7. The van der Waals surface area contributed by atoms with Crippen molar-refractivity contribution in [1.29, 1.82) is 0 Å². The van der Waals surface area contributed by atoms with E-state index >= 15 is 0 Å². The average molecular weight is 349 g/mol. The molecule has 1 aliphatic carbocycles. The molecular weight excluding hydrogens is 328 g/mol. The van der Waals surface area contributed by atoms with Crippen LogP contribution >= 0.6 is 11.6 Å². The van der Waals surface area contributed by atoms with Crippen LogP contribution in [0.1, 0.15) is 37.7 Å². The van der Waals surface area contributed by atoms with Gasteiger partial charge in [0.05, 0.1) is 11.8 Å². The molecule has 0 aromatic heterocycles. The van der Waals surface area contributed by atoms with Crippen LogP contribution in [-0.4, -0.2) is 29.2 Å². The first-order chi connectivity index (χ1) is 11.5. The van der Waals surface area contributed by atoms with Crippen molar-refractivity contribution in [1.82, 2.24) is 4.90 Å². The maximum Gasteiger partial charge on any atom is 0.233 e. The van der Waals surface area contributed by atoms with Gasteiger partial charge < -0.3 is 5.32 Å². The van der Waals surface area contributed by atoms with Crippen LogP contribution in [0.15, 0.2) is 18.2 Å². The van der Waals surface area contributed by atoms with E-state index in [2.05, 4.69) is 5.32 Å². The number of rotatable bonds is 4. The summed E-state index contributed by atoms with van der Waals surface area (Å²) in [6, 6.07) is 5.30. The number of hydrogen-bond donors (Lipinski definition) is 1. The van der Waals surface area contributed by atoms with Crippen molar-refractivity contribution in [2.75, 3.05) is 11.9 Å². The number of nitrogens with zero attached hydrogens (tertiary/aromatic N) is 1. The molecule has 2 fully saturated rings. The van der Waals surface area contributed by atoms with E-state index in [0.717, 1.165) is 31.2 Å². The van der Waals surface area contributed by atoms with Crippen LogP contribution in [-0.2, 0) is 14.4 Å². The third kappa shape index (κ3) is 3.31. The highest BCUT2D eigenvalue weighted by atomic mass is 35.5. The number of imide groups is 1. The van der Waals surface area contributed by atoms with Gasteiger partial charge in [-0.25, -0.2) is 0 Å². The first-order valence-electron chi connectivity index (χ1n) is 8.38. The standard InChI is InChI=1S/C18H21ClN2O3/c1-11-6-7-12(10-15(11)19)20-16(22)8-9-21-17(23)13-4-2-3-5-14(13)18(21)24/h6-7,10,13-14H,2-5,8-9H2,1H3,(H,20,22)/t13-,14+. The van der Waals surface area contributed by atoms with Gasteiger partial charge in [0.2, 0.25) is 17.7 Å². The predicted octanol–water partition coefficient (Wildman–Crippen LogP) is 3.15. The second kappa shape index (κ2) is 6.93. The fourth-order valence-electron chi connectivity index (χ4n) is 3.56.